The number of carbonyl (C=O) groups is 1. The Morgan fingerprint density at radius 1 is 1.33 bits per heavy atom. The molecule has 0 saturated carbocycles. The Morgan fingerprint density at radius 3 is 2.47 bits per heavy atom. The number of hydrogen-bond acceptors (Lipinski definition) is 4. The largest absolute Gasteiger partial charge is 0.426 e. The predicted octanol–water partition coefficient (Wildman–Crippen LogP) is 1.25. The summed E-state index contributed by atoms with van der Waals surface area (Å²) in [5.41, 5.74) is 0. The summed E-state index contributed by atoms with van der Waals surface area (Å²) in [6, 6.07) is 7.49. The molecular formula is C9H9NO4S. The fourth-order valence-electron chi connectivity index (χ4n) is 0.868. The highest BCUT2D eigenvalue weighted by molar-refractivity contribution is 7.90. The van der Waals surface area contributed by atoms with Gasteiger partial charge in [0, 0.05) is 0 Å². The van der Waals surface area contributed by atoms with E-state index < -0.39 is 16.1 Å². The van der Waals surface area contributed by atoms with E-state index in [1.54, 1.807) is 22.9 Å². The summed E-state index contributed by atoms with van der Waals surface area (Å²) < 4.78 is 28.9. The topological polar surface area (TPSA) is 72.5 Å². The Kier molecular flexibility index (Phi) is 3.46. The van der Waals surface area contributed by atoms with Gasteiger partial charge in [-0.05, 0) is 12.1 Å². The summed E-state index contributed by atoms with van der Waals surface area (Å²) in [4.78, 5) is 10.8. The van der Waals surface area contributed by atoms with E-state index in [4.69, 9.17) is 0 Å². The monoisotopic (exact) mass is 227 g/mol. The van der Waals surface area contributed by atoms with Crippen molar-refractivity contribution in [3.05, 3.63) is 43.2 Å². The van der Waals surface area contributed by atoms with Crippen LogP contribution in [0.1, 0.15) is 0 Å². The molecule has 5 nitrogen and oxygen atoms in total. The van der Waals surface area contributed by atoms with Gasteiger partial charge >= 0.3 is 6.09 Å². The van der Waals surface area contributed by atoms with Crippen molar-refractivity contribution in [2.75, 3.05) is 0 Å². The molecule has 0 aliphatic carbocycles. The number of sulfonamides is 1. The summed E-state index contributed by atoms with van der Waals surface area (Å²) >= 11 is 0. The lowest BCUT2D eigenvalue weighted by atomic mass is 10.4. The Balaban J connectivity index is 2.86. The van der Waals surface area contributed by atoms with Gasteiger partial charge in [-0.25, -0.2) is 17.9 Å². The van der Waals surface area contributed by atoms with Crippen LogP contribution in [0.25, 0.3) is 0 Å². The highest BCUT2D eigenvalue weighted by atomic mass is 32.2. The van der Waals surface area contributed by atoms with E-state index in [1.165, 1.54) is 12.1 Å². The summed E-state index contributed by atoms with van der Waals surface area (Å²) in [6.07, 6.45) is -0.246. The molecule has 0 bridgehead atoms. The van der Waals surface area contributed by atoms with Crippen LogP contribution in [0, 0.1) is 0 Å². The minimum atomic E-state index is -3.85. The molecule has 0 atom stereocenters. The number of amides is 1. The number of carbonyl (C=O) groups excluding carboxylic acids is 1. The molecule has 1 rings (SSSR count). The predicted molar refractivity (Wildman–Crippen MR) is 53.4 cm³/mol. The molecule has 1 amide bonds. The SMILES string of the molecule is C=COC(=O)NS(=O)(=O)c1ccccc1. The molecule has 6 heteroatoms. The number of benzene rings is 1. The summed E-state index contributed by atoms with van der Waals surface area (Å²) in [6.45, 7) is 3.13. The molecule has 0 aliphatic rings. The van der Waals surface area contributed by atoms with Crippen LogP contribution in [-0.4, -0.2) is 14.5 Å². The fraction of sp³-hybridized carbons (Fsp3) is 0. The smallest absolute Gasteiger partial charge is 0.418 e. The molecule has 0 fully saturated rings. The molecule has 0 radical (unpaired) electrons. The second kappa shape index (κ2) is 4.61. The maximum absolute atomic E-state index is 11.5. The van der Waals surface area contributed by atoms with Crippen molar-refractivity contribution in [3.8, 4) is 0 Å². The van der Waals surface area contributed by atoms with E-state index in [9.17, 15) is 13.2 Å². The van der Waals surface area contributed by atoms with Gasteiger partial charge in [0.2, 0.25) is 0 Å². The lowest BCUT2D eigenvalue weighted by Crippen LogP contribution is -2.29. The average Bonchev–Trinajstić information content (AvgIpc) is 2.18. The summed E-state index contributed by atoms with van der Waals surface area (Å²) in [7, 11) is -3.85. The third kappa shape index (κ3) is 3.10. The Labute approximate surface area is 87.4 Å². The van der Waals surface area contributed by atoms with Gasteiger partial charge in [-0.2, -0.15) is 0 Å². The first-order chi connectivity index (χ1) is 7.06. The normalized spacial score (nSPS) is 10.4. The van der Waals surface area contributed by atoms with E-state index in [2.05, 4.69) is 11.3 Å². The first kappa shape index (κ1) is 11.3. The average molecular weight is 227 g/mol. The van der Waals surface area contributed by atoms with Gasteiger partial charge in [0.1, 0.15) is 0 Å². The Bertz CT molecular complexity index is 452. The summed E-state index contributed by atoms with van der Waals surface area (Å²) in [5, 5.41) is 0. The second-order valence-corrected chi connectivity index (χ2v) is 4.17. The molecule has 1 aromatic rings. The van der Waals surface area contributed by atoms with Crippen LogP contribution in [0.3, 0.4) is 0 Å². The molecule has 0 spiro atoms. The highest BCUT2D eigenvalue weighted by Crippen LogP contribution is 2.06. The number of nitrogens with one attached hydrogen (secondary N) is 1. The molecule has 15 heavy (non-hydrogen) atoms. The molecule has 1 aromatic carbocycles. The molecule has 1 N–H and O–H groups in total. The fourth-order valence-corrected chi connectivity index (χ4v) is 1.77. The van der Waals surface area contributed by atoms with Crippen LogP contribution in [0.2, 0.25) is 0 Å². The number of hydrogen-bond donors (Lipinski definition) is 1. The van der Waals surface area contributed by atoms with Gasteiger partial charge in [0.15, 0.2) is 0 Å². The van der Waals surface area contributed by atoms with Crippen molar-refractivity contribution >= 4 is 16.1 Å². The second-order valence-electron chi connectivity index (χ2n) is 2.49. The van der Waals surface area contributed by atoms with E-state index >= 15 is 0 Å². The zero-order valence-electron chi connectivity index (χ0n) is 7.71. The third-order valence-electron chi connectivity index (χ3n) is 1.46. The Morgan fingerprint density at radius 2 is 1.93 bits per heavy atom. The molecule has 0 heterocycles. The van der Waals surface area contributed by atoms with E-state index in [0.29, 0.717) is 0 Å². The zero-order chi connectivity index (χ0) is 11.3. The van der Waals surface area contributed by atoms with Gasteiger partial charge in [-0.15, -0.1) is 0 Å². The van der Waals surface area contributed by atoms with Crippen molar-refractivity contribution in [2.24, 2.45) is 0 Å². The van der Waals surface area contributed by atoms with Crippen molar-refractivity contribution in [2.45, 2.75) is 4.90 Å². The first-order valence-electron chi connectivity index (χ1n) is 3.95. The zero-order valence-corrected chi connectivity index (χ0v) is 8.53. The quantitative estimate of drug-likeness (QED) is 0.788. The molecule has 80 valence electrons. The van der Waals surface area contributed by atoms with Crippen molar-refractivity contribution < 1.29 is 17.9 Å². The lowest BCUT2D eigenvalue weighted by molar-refractivity contribution is 0.192. The maximum atomic E-state index is 11.5. The van der Waals surface area contributed by atoms with E-state index in [-0.39, 0.29) is 4.90 Å². The minimum absolute atomic E-state index is 0.00832. The number of ether oxygens (including phenoxy) is 1. The van der Waals surface area contributed by atoms with Crippen molar-refractivity contribution in [3.63, 3.8) is 0 Å². The first-order valence-corrected chi connectivity index (χ1v) is 5.44. The van der Waals surface area contributed by atoms with Crippen LogP contribution in [0.5, 0.6) is 0 Å². The van der Waals surface area contributed by atoms with Gasteiger partial charge in [0.05, 0.1) is 11.2 Å². The summed E-state index contributed by atoms with van der Waals surface area (Å²) in [5.74, 6) is 0. The van der Waals surface area contributed by atoms with E-state index in [1.807, 2.05) is 0 Å². The van der Waals surface area contributed by atoms with Gasteiger partial charge < -0.3 is 4.74 Å². The third-order valence-corrected chi connectivity index (χ3v) is 2.79. The van der Waals surface area contributed by atoms with Gasteiger partial charge in [0.25, 0.3) is 10.0 Å². The molecular weight excluding hydrogens is 218 g/mol. The van der Waals surface area contributed by atoms with E-state index in [0.717, 1.165) is 6.26 Å². The van der Waals surface area contributed by atoms with Crippen LogP contribution in [0.4, 0.5) is 4.79 Å². The van der Waals surface area contributed by atoms with Crippen LogP contribution < -0.4 is 4.72 Å². The molecule has 0 aromatic heterocycles. The van der Waals surface area contributed by atoms with Crippen molar-refractivity contribution in [1.82, 2.24) is 4.72 Å². The molecule has 0 saturated heterocycles. The van der Waals surface area contributed by atoms with Gasteiger partial charge in [-0.1, -0.05) is 24.8 Å². The minimum Gasteiger partial charge on any atom is -0.418 e. The van der Waals surface area contributed by atoms with Crippen molar-refractivity contribution in [1.29, 1.82) is 0 Å². The van der Waals surface area contributed by atoms with Gasteiger partial charge in [-0.3, -0.25) is 0 Å². The molecule has 0 unspecified atom stereocenters. The van der Waals surface area contributed by atoms with Crippen LogP contribution >= 0.6 is 0 Å². The maximum Gasteiger partial charge on any atom is 0.426 e. The lowest BCUT2D eigenvalue weighted by Gasteiger charge is -2.04. The molecule has 0 aliphatic heterocycles. The highest BCUT2D eigenvalue weighted by Gasteiger charge is 2.17. The van der Waals surface area contributed by atoms with Crippen LogP contribution in [-0.2, 0) is 14.8 Å². The number of rotatable bonds is 3. The Hall–Kier alpha value is -1.82. The standard InChI is InChI=1S/C9H9NO4S/c1-2-14-9(11)10-15(12,13)8-6-4-3-5-7-8/h2-7H,1H2,(H,10,11). The van der Waals surface area contributed by atoms with Crippen LogP contribution in [0.15, 0.2) is 48.1 Å².